The number of nitrogens with zero attached hydrogens (tertiary/aromatic N) is 1. The Balaban J connectivity index is 2.01. The molecule has 2 rings (SSSR count). The molecule has 2 aromatic rings. The molecule has 0 fully saturated rings. The molecule has 0 aliphatic carbocycles. The summed E-state index contributed by atoms with van der Waals surface area (Å²) in [6, 6.07) is 13.9. The van der Waals surface area contributed by atoms with Gasteiger partial charge in [-0.1, -0.05) is 36.4 Å². The Morgan fingerprint density at radius 1 is 1.00 bits per heavy atom. The van der Waals surface area contributed by atoms with Gasteiger partial charge in [0.2, 0.25) is 0 Å². The Kier molecular flexibility index (Phi) is 4.40. The minimum Gasteiger partial charge on any atom is -0.345 e. The average molecular weight is 284 g/mol. The lowest BCUT2D eigenvalue weighted by molar-refractivity contribution is -0.384. The monoisotopic (exact) mass is 284 g/mol. The van der Waals surface area contributed by atoms with Crippen LogP contribution in [-0.2, 0) is 0 Å². The fourth-order valence-corrected chi connectivity index (χ4v) is 1.75. The zero-order chi connectivity index (χ0) is 15.2. The third-order valence-electron chi connectivity index (χ3n) is 2.82. The van der Waals surface area contributed by atoms with Gasteiger partial charge in [0, 0.05) is 23.3 Å². The second kappa shape index (κ2) is 6.42. The minimum atomic E-state index is -0.577. The average Bonchev–Trinajstić information content (AvgIpc) is 2.53. The third kappa shape index (κ3) is 3.73. The van der Waals surface area contributed by atoms with Crippen LogP contribution in [0.25, 0.3) is 0 Å². The highest BCUT2D eigenvalue weighted by atomic mass is 16.6. The summed E-state index contributed by atoms with van der Waals surface area (Å²) in [5.41, 5.74) is 0.471. The van der Waals surface area contributed by atoms with Crippen molar-refractivity contribution in [3.8, 4) is 0 Å². The molecule has 0 atom stereocenters. The number of rotatable bonds is 5. The molecule has 0 aliphatic heterocycles. The molecule has 0 saturated carbocycles. The van der Waals surface area contributed by atoms with Crippen LogP contribution in [0, 0.1) is 10.1 Å². The molecular weight excluding hydrogens is 272 g/mol. The Morgan fingerprint density at radius 3 is 2.33 bits per heavy atom. The van der Waals surface area contributed by atoms with E-state index in [0.717, 1.165) is 0 Å². The number of hydrogen-bond acceptors (Lipinski definition) is 4. The van der Waals surface area contributed by atoms with Gasteiger partial charge in [-0.25, -0.2) is 0 Å². The summed E-state index contributed by atoms with van der Waals surface area (Å²) < 4.78 is 0. The summed E-state index contributed by atoms with van der Waals surface area (Å²) >= 11 is 0. The first-order valence-corrected chi connectivity index (χ1v) is 6.19. The van der Waals surface area contributed by atoms with E-state index < -0.39 is 10.8 Å². The second-order valence-corrected chi connectivity index (χ2v) is 4.28. The van der Waals surface area contributed by atoms with Crippen molar-refractivity contribution in [3.63, 3.8) is 0 Å². The second-order valence-electron chi connectivity index (χ2n) is 4.28. The number of nitro benzene ring substituents is 1. The van der Waals surface area contributed by atoms with E-state index in [0.29, 0.717) is 5.56 Å². The summed E-state index contributed by atoms with van der Waals surface area (Å²) in [6.45, 7) is -0.161. The number of nitro groups is 1. The molecule has 2 aromatic carbocycles. The van der Waals surface area contributed by atoms with Gasteiger partial charge in [0.1, 0.15) is 0 Å². The fourth-order valence-electron chi connectivity index (χ4n) is 1.75. The standard InChI is InChI=1S/C15H12N2O4/c18-14(11-5-2-1-3-6-11)10-16-15(19)12-7-4-8-13(9-12)17(20)21/h1-9H,10H2,(H,16,19). The number of benzene rings is 2. The van der Waals surface area contributed by atoms with E-state index >= 15 is 0 Å². The van der Waals surface area contributed by atoms with Crippen LogP contribution in [0.1, 0.15) is 20.7 Å². The maximum absolute atomic E-state index is 11.9. The molecule has 21 heavy (non-hydrogen) atoms. The first kappa shape index (κ1) is 14.4. The van der Waals surface area contributed by atoms with Crippen LogP contribution in [0.5, 0.6) is 0 Å². The zero-order valence-electron chi connectivity index (χ0n) is 11.0. The van der Waals surface area contributed by atoms with Crippen LogP contribution >= 0.6 is 0 Å². The number of hydrogen-bond donors (Lipinski definition) is 1. The molecule has 0 bridgehead atoms. The highest BCUT2D eigenvalue weighted by molar-refractivity contribution is 6.02. The summed E-state index contributed by atoms with van der Waals surface area (Å²) in [4.78, 5) is 33.8. The minimum absolute atomic E-state index is 0.144. The van der Waals surface area contributed by atoms with E-state index in [1.165, 1.54) is 24.3 Å². The Labute approximate surface area is 120 Å². The number of carbonyl (C=O) groups is 2. The molecule has 0 spiro atoms. The van der Waals surface area contributed by atoms with Gasteiger partial charge in [-0.05, 0) is 6.07 Å². The van der Waals surface area contributed by atoms with Crippen molar-refractivity contribution in [1.82, 2.24) is 5.32 Å². The van der Waals surface area contributed by atoms with Gasteiger partial charge < -0.3 is 5.32 Å². The molecule has 1 amide bonds. The summed E-state index contributed by atoms with van der Waals surface area (Å²) in [7, 11) is 0. The molecule has 6 nitrogen and oxygen atoms in total. The quantitative estimate of drug-likeness (QED) is 0.518. The van der Waals surface area contributed by atoms with E-state index in [2.05, 4.69) is 5.32 Å². The zero-order valence-corrected chi connectivity index (χ0v) is 11.0. The van der Waals surface area contributed by atoms with E-state index in [1.54, 1.807) is 30.3 Å². The molecule has 6 heteroatoms. The lowest BCUT2D eigenvalue weighted by Crippen LogP contribution is -2.29. The van der Waals surface area contributed by atoms with Crippen molar-refractivity contribution in [2.24, 2.45) is 0 Å². The lowest BCUT2D eigenvalue weighted by atomic mass is 10.1. The molecule has 0 heterocycles. The van der Waals surface area contributed by atoms with Crippen molar-refractivity contribution in [2.45, 2.75) is 0 Å². The van der Waals surface area contributed by atoms with Crippen LogP contribution in [0.3, 0.4) is 0 Å². The molecule has 106 valence electrons. The highest BCUT2D eigenvalue weighted by Crippen LogP contribution is 2.12. The van der Waals surface area contributed by atoms with Crippen molar-refractivity contribution < 1.29 is 14.5 Å². The lowest BCUT2D eigenvalue weighted by Gasteiger charge is -2.04. The van der Waals surface area contributed by atoms with E-state index in [1.807, 2.05) is 0 Å². The Morgan fingerprint density at radius 2 is 1.67 bits per heavy atom. The number of ketones is 1. The first-order chi connectivity index (χ1) is 10.1. The molecule has 0 aromatic heterocycles. The number of non-ortho nitro benzene ring substituents is 1. The number of carbonyl (C=O) groups excluding carboxylic acids is 2. The Bertz CT molecular complexity index is 683. The van der Waals surface area contributed by atoms with Crippen LogP contribution in [0.2, 0.25) is 0 Å². The van der Waals surface area contributed by atoms with E-state index in [4.69, 9.17) is 0 Å². The van der Waals surface area contributed by atoms with Gasteiger partial charge >= 0.3 is 0 Å². The third-order valence-corrected chi connectivity index (χ3v) is 2.82. The maximum Gasteiger partial charge on any atom is 0.270 e. The van der Waals surface area contributed by atoms with Gasteiger partial charge in [0.25, 0.3) is 11.6 Å². The number of Topliss-reactive ketones (excluding diaryl/α,β-unsaturated/α-hetero) is 1. The normalized spacial score (nSPS) is 9.90. The summed E-state index contributed by atoms with van der Waals surface area (Å²) in [6.07, 6.45) is 0. The number of amides is 1. The highest BCUT2D eigenvalue weighted by Gasteiger charge is 2.12. The van der Waals surface area contributed by atoms with Crippen LogP contribution in [0.4, 0.5) is 5.69 Å². The van der Waals surface area contributed by atoms with Gasteiger partial charge in [-0.2, -0.15) is 0 Å². The van der Waals surface area contributed by atoms with Gasteiger partial charge in [-0.15, -0.1) is 0 Å². The topological polar surface area (TPSA) is 89.3 Å². The molecule has 0 unspecified atom stereocenters. The maximum atomic E-state index is 11.9. The first-order valence-electron chi connectivity index (χ1n) is 6.19. The van der Waals surface area contributed by atoms with Gasteiger partial charge in [-0.3, -0.25) is 19.7 Å². The smallest absolute Gasteiger partial charge is 0.270 e. The van der Waals surface area contributed by atoms with Crippen molar-refractivity contribution >= 4 is 17.4 Å². The van der Waals surface area contributed by atoms with Crippen LogP contribution < -0.4 is 5.32 Å². The van der Waals surface area contributed by atoms with Gasteiger partial charge in [0.15, 0.2) is 5.78 Å². The van der Waals surface area contributed by atoms with Crippen molar-refractivity contribution in [1.29, 1.82) is 0 Å². The van der Waals surface area contributed by atoms with E-state index in [9.17, 15) is 19.7 Å². The molecule has 0 radical (unpaired) electrons. The molecule has 0 saturated heterocycles. The number of nitrogens with one attached hydrogen (secondary N) is 1. The molecule has 0 aliphatic rings. The van der Waals surface area contributed by atoms with Crippen LogP contribution in [-0.4, -0.2) is 23.2 Å². The summed E-state index contributed by atoms with van der Waals surface area (Å²) in [5, 5.41) is 13.1. The molecule has 1 N–H and O–H groups in total. The summed E-state index contributed by atoms with van der Waals surface area (Å²) in [5.74, 6) is -0.752. The van der Waals surface area contributed by atoms with E-state index in [-0.39, 0.29) is 23.6 Å². The van der Waals surface area contributed by atoms with Crippen LogP contribution in [0.15, 0.2) is 54.6 Å². The largest absolute Gasteiger partial charge is 0.345 e. The predicted octanol–water partition coefficient (Wildman–Crippen LogP) is 2.21. The fraction of sp³-hybridized carbons (Fsp3) is 0.0667. The van der Waals surface area contributed by atoms with Crippen molar-refractivity contribution in [3.05, 3.63) is 75.8 Å². The van der Waals surface area contributed by atoms with Crippen molar-refractivity contribution in [2.75, 3.05) is 6.54 Å². The SMILES string of the molecule is O=C(CNC(=O)c1cccc([N+](=O)[O-])c1)c1ccccc1. The molecular formula is C15H12N2O4. The van der Waals surface area contributed by atoms with Gasteiger partial charge in [0.05, 0.1) is 11.5 Å². The predicted molar refractivity (Wildman–Crippen MR) is 76.2 cm³/mol. The Hall–Kier alpha value is -3.02.